The number of aliphatic hydroxyl groups is 4. The highest BCUT2D eigenvalue weighted by Gasteiger charge is 2.44. The molecule has 0 unspecified atom stereocenters. The molecule has 2 aromatic rings. The van der Waals surface area contributed by atoms with Crippen LogP contribution in [0.5, 0.6) is 5.75 Å². The number of hydrogen-bond donors (Lipinski definition) is 5. The van der Waals surface area contributed by atoms with Crippen LogP contribution in [0.4, 0.5) is 4.79 Å². The maximum atomic E-state index is 11.8. The van der Waals surface area contributed by atoms with Crippen molar-refractivity contribution in [2.45, 2.75) is 43.7 Å². The minimum absolute atomic E-state index is 0.205. The van der Waals surface area contributed by atoms with Gasteiger partial charge in [0.15, 0.2) is 0 Å². The molecule has 2 aromatic carbocycles. The van der Waals surface area contributed by atoms with Crippen LogP contribution in [0.3, 0.4) is 0 Å². The molecule has 0 aliphatic carbocycles. The fraction of sp³-hybridized carbons (Fsp3) is 0.409. The largest absolute Gasteiger partial charge is 0.462 e. The van der Waals surface area contributed by atoms with Gasteiger partial charge in [0.05, 0.1) is 6.61 Å². The highest BCUT2D eigenvalue weighted by molar-refractivity contribution is 5.67. The van der Waals surface area contributed by atoms with Gasteiger partial charge in [0.1, 0.15) is 36.8 Å². The summed E-state index contributed by atoms with van der Waals surface area (Å²) in [7, 11) is 0. The fourth-order valence-electron chi connectivity index (χ4n) is 3.12. The second-order valence-electron chi connectivity index (χ2n) is 7.20. The monoisotopic (exact) mass is 433 g/mol. The average Bonchev–Trinajstić information content (AvgIpc) is 2.80. The van der Waals surface area contributed by atoms with E-state index in [0.717, 1.165) is 11.1 Å². The van der Waals surface area contributed by atoms with Crippen molar-refractivity contribution in [3.05, 3.63) is 65.7 Å². The van der Waals surface area contributed by atoms with Crippen molar-refractivity contribution in [2.75, 3.05) is 13.2 Å². The van der Waals surface area contributed by atoms with Gasteiger partial charge in [0.2, 0.25) is 6.29 Å². The summed E-state index contributed by atoms with van der Waals surface area (Å²) in [6.45, 7) is 0.0712. The number of amides is 1. The summed E-state index contributed by atoms with van der Waals surface area (Å²) >= 11 is 0. The van der Waals surface area contributed by atoms with Crippen molar-refractivity contribution in [3.63, 3.8) is 0 Å². The molecule has 1 saturated heterocycles. The summed E-state index contributed by atoms with van der Waals surface area (Å²) in [6.07, 6.45) is -6.59. The van der Waals surface area contributed by atoms with Crippen molar-refractivity contribution >= 4 is 6.09 Å². The van der Waals surface area contributed by atoms with Crippen molar-refractivity contribution < 1.29 is 39.4 Å². The van der Waals surface area contributed by atoms with Gasteiger partial charge in [0, 0.05) is 6.54 Å². The van der Waals surface area contributed by atoms with Crippen LogP contribution in [0.2, 0.25) is 0 Å². The Hall–Kier alpha value is -2.69. The SMILES string of the molecule is O=C(NCCc1ccc(O[C@@H]2O[C@H](CO)[C@H](O)[C@H](O)[C@H]2O)cc1)OCc1ccccc1. The van der Waals surface area contributed by atoms with Gasteiger partial charge >= 0.3 is 6.09 Å². The predicted molar refractivity (Wildman–Crippen MR) is 109 cm³/mol. The maximum Gasteiger partial charge on any atom is 0.407 e. The summed E-state index contributed by atoms with van der Waals surface area (Å²) in [5.41, 5.74) is 1.84. The maximum absolute atomic E-state index is 11.8. The molecule has 1 aliphatic rings. The Labute approximate surface area is 179 Å². The summed E-state index contributed by atoms with van der Waals surface area (Å²) < 4.78 is 16.0. The number of carbonyl (C=O) groups excluding carboxylic acids is 1. The third-order valence-corrected chi connectivity index (χ3v) is 4.92. The lowest BCUT2D eigenvalue weighted by Gasteiger charge is -2.39. The Kier molecular flexibility index (Phi) is 8.21. The molecular formula is C22H27NO8. The number of nitrogens with one attached hydrogen (secondary N) is 1. The molecule has 9 heteroatoms. The molecule has 5 N–H and O–H groups in total. The standard InChI is InChI=1S/C22H27NO8/c24-12-17-18(25)19(26)20(27)21(31-17)30-16-8-6-14(7-9-16)10-11-23-22(28)29-13-15-4-2-1-3-5-15/h1-9,17-21,24-27H,10-13H2,(H,23,28)/t17-,18+,19+,20-,21-/m1/s1. The van der Waals surface area contributed by atoms with E-state index in [0.29, 0.717) is 18.7 Å². The summed E-state index contributed by atoms with van der Waals surface area (Å²) in [5.74, 6) is 0.378. The molecule has 31 heavy (non-hydrogen) atoms. The Balaban J connectivity index is 1.42. The van der Waals surface area contributed by atoms with E-state index in [4.69, 9.17) is 14.2 Å². The van der Waals surface area contributed by atoms with Gasteiger partial charge in [-0.15, -0.1) is 0 Å². The third-order valence-electron chi connectivity index (χ3n) is 4.92. The summed E-state index contributed by atoms with van der Waals surface area (Å²) in [4.78, 5) is 11.8. The summed E-state index contributed by atoms with van der Waals surface area (Å²) in [5, 5.41) is 41.6. The first-order valence-electron chi connectivity index (χ1n) is 9.98. The van der Waals surface area contributed by atoms with Gasteiger partial charge in [-0.3, -0.25) is 0 Å². The molecule has 5 atom stereocenters. The Bertz CT molecular complexity index is 814. The lowest BCUT2D eigenvalue weighted by atomic mass is 9.99. The second-order valence-corrected chi connectivity index (χ2v) is 7.20. The second kappa shape index (κ2) is 11.1. The topological polar surface area (TPSA) is 138 Å². The first-order valence-corrected chi connectivity index (χ1v) is 9.98. The molecule has 3 rings (SSSR count). The van der Waals surface area contributed by atoms with E-state index in [1.807, 2.05) is 30.3 Å². The van der Waals surface area contributed by atoms with Crippen LogP contribution in [0, 0.1) is 0 Å². The van der Waals surface area contributed by atoms with E-state index in [1.165, 1.54) is 0 Å². The number of ether oxygens (including phenoxy) is 3. The lowest BCUT2D eigenvalue weighted by molar-refractivity contribution is -0.277. The predicted octanol–water partition coefficient (Wildman–Crippen LogP) is 0.334. The molecule has 1 heterocycles. The highest BCUT2D eigenvalue weighted by Crippen LogP contribution is 2.24. The zero-order chi connectivity index (χ0) is 22.2. The smallest absolute Gasteiger partial charge is 0.407 e. The normalized spacial score (nSPS) is 25.6. The summed E-state index contributed by atoms with van der Waals surface area (Å²) in [6, 6.07) is 16.3. The number of rotatable bonds is 8. The van der Waals surface area contributed by atoms with Crippen molar-refractivity contribution in [2.24, 2.45) is 0 Å². The van der Waals surface area contributed by atoms with E-state index in [-0.39, 0.29) is 6.61 Å². The Morgan fingerprint density at radius 2 is 1.65 bits per heavy atom. The number of hydrogen-bond acceptors (Lipinski definition) is 8. The number of benzene rings is 2. The van der Waals surface area contributed by atoms with Gasteiger partial charge in [0.25, 0.3) is 0 Å². The van der Waals surface area contributed by atoms with Crippen LogP contribution in [0.25, 0.3) is 0 Å². The first-order chi connectivity index (χ1) is 15.0. The molecule has 1 amide bonds. The number of alkyl carbamates (subject to hydrolysis) is 1. The Morgan fingerprint density at radius 3 is 2.32 bits per heavy atom. The van der Waals surface area contributed by atoms with Crippen LogP contribution in [-0.2, 0) is 22.5 Å². The molecule has 1 aliphatic heterocycles. The molecular weight excluding hydrogens is 406 g/mol. The molecule has 168 valence electrons. The quantitative estimate of drug-likeness (QED) is 0.402. The van der Waals surface area contributed by atoms with Gasteiger partial charge in [-0.05, 0) is 29.7 Å². The molecule has 1 fully saturated rings. The van der Waals surface area contributed by atoms with E-state index < -0.39 is 43.4 Å². The van der Waals surface area contributed by atoms with E-state index in [2.05, 4.69) is 5.32 Å². The zero-order valence-corrected chi connectivity index (χ0v) is 16.8. The van der Waals surface area contributed by atoms with Gasteiger partial charge < -0.3 is 40.0 Å². The van der Waals surface area contributed by atoms with Crippen molar-refractivity contribution in [3.8, 4) is 5.75 Å². The molecule has 0 bridgehead atoms. The van der Waals surface area contributed by atoms with Gasteiger partial charge in [-0.2, -0.15) is 0 Å². The fourth-order valence-corrected chi connectivity index (χ4v) is 3.12. The van der Waals surface area contributed by atoms with Gasteiger partial charge in [-0.25, -0.2) is 4.79 Å². The third kappa shape index (κ3) is 6.39. The van der Waals surface area contributed by atoms with Crippen LogP contribution >= 0.6 is 0 Å². The minimum Gasteiger partial charge on any atom is -0.462 e. The van der Waals surface area contributed by atoms with Crippen LogP contribution < -0.4 is 10.1 Å². The lowest BCUT2D eigenvalue weighted by Crippen LogP contribution is -2.60. The molecule has 0 radical (unpaired) electrons. The molecule has 0 saturated carbocycles. The number of aliphatic hydroxyl groups excluding tert-OH is 4. The van der Waals surface area contributed by atoms with Crippen molar-refractivity contribution in [1.82, 2.24) is 5.32 Å². The number of carbonyl (C=O) groups is 1. The van der Waals surface area contributed by atoms with E-state index >= 15 is 0 Å². The van der Waals surface area contributed by atoms with Crippen LogP contribution in [-0.4, -0.2) is 70.4 Å². The average molecular weight is 433 g/mol. The van der Waals surface area contributed by atoms with E-state index in [9.17, 15) is 25.2 Å². The molecule has 0 aromatic heterocycles. The first kappa shape index (κ1) is 23.0. The van der Waals surface area contributed by atoms with Crippen LogP contribution in [0.15, 0.2) is 54.6 Å². The minimum atomic E-state index is -1.50. The van der Waals surface area contributed by atoms with Crippen molar-refractivity contribution in [1.29, 1.82) is 0 Å². The Morgan fingerprint density at radius 1 is 0.935 bits per heavy atom. The van der Waals surface area contributed by atoms with E-state index in [1.54, 1.807) is 24.3 Å². The molecule has 0 spiro atoms. The van der Waals surface area contributed by atoms with Gasteiger partial charge in [-0.1, -0.05) is 42.5 Å². The highest BCUT2D eigenvalue weighted by atomic mass is 16.7. The molecule has 9 nitrogen and oxygen atoms in total. The zero-order valence-electron chi connectivity index (χ0n) is 16.8. The van der Waals surface area contributed by atoms with Crippen LogP contribution in [0.1, 0.15) is 11.1 Å².